The fourth-order valence-electron chi connectivity index (χ4n) is 1.61. The molecule has 1 aliphatic rings. The number of ether oxygens (including phenoxy) is 2. The van der Waals surface area contributed by atoms with Crippen molar-refractivity contribution in [1.82, 2.24) is 4.90 Å². The highest BCUT2D eigenvalue weighted by Gasteiger charge is 2.29. The summed E-state index contributed by atoms with van der Waals surface area (Å²) < 4.78 is 9.87. The van der Waals surface area contributed by atoms with Crippen LogP contribution in [0.1, 0.15) is 20.3 Å². The van der Waals surface area contributed by atoms with Gasteiger partial charge in [0.2, 0.25) is 0 Å². The third kappa shape index (κ3) is 3.66. The van der Waals surface area contributed by atoms with Gasteiger partial charge in [-0.15, -0.1) is 11.8 Å². The predicted octanol–water partition coefficient (Wildman–Crippen LogP) is 1.39. The van der Waals surface area contributed by atoms with Crippen LogP contribution < -0.4 is 0 Å². The molecule has 6 heteroatoms. The molecular weight excluding hydrogens is 254 g/mol. The lowest BCUT2D eigenvalue weighted by Crippen LogP contribution is -2.29. The second kappa shape index (κ2) is 7.31. The van der Waals surface area contributed by atoms with Crippen molar-refractivity contribution in [2.24, 2.45) is 0 Å². The molecule has 0 N–H and O–H groups in total. The first-order valence-corrected chi connectivity index (χ1v) is 7.02. The van der Waals surface area contributed by atoms with Gasteiger partial charge in [0.25, 0.3) is 0 Å². The van der Waals surface area contributed by atoms with Crippen LogP contribution in [0.2, 0.25) is 0 Å². The topological polar surface area (TPSA) is 55.8 Å². The molecule has 0 aromatic carbocycles. The molecule has 0 bridgehead atoms. The zero-order valence-electron chi connectivity index (χ0n) is 11.0. The van der Waals surface area contributed by atoms with Crippen molar-refractivity contribution in [3.8, 4) is 0 Å². The quantitative estimate of drug-likeness (QED) is 0.334. The van der Waals surface area contributed by atoms with Crippen LogP contribution in [-0.4, -0.2) is 49.4 Å². The number of carbonyl (C=O) groups excluding carboxylic acids is 2. The van der Waals surface area contributed by atoms with Crippen molar-refractivity contribution >= 4 is 23.7 Å². The van der Waals surface area contributed by atoms with Crippen molar-refractivity contribution in [2.75, 3.05) is 32.6 Å². The van der Waals surface area contributed by atoms with Gasteiger partial charge in [0, 0.05) is 19.3 Å². The van der Waals surface area contributed by atoms with Crippen molar-refractivity contribution in [1.29, 1.82) is 0 Å². The van der Waals surface area contributed by atoms with E-state index >= 15 is 0 Å². The minimum absolute atomic E-state index is 0.0194. The molecule has 0 atom stereocenters. The molecule has 0 aliphatic carbocycles. The third-order valence-electron chi connectivity index (χ3n) is 2.40. The van der Waals surface area contributed by atoms with E-state index in [2.05, 4.69) is 0 Å². The zero-order valence-corrected chi connectivity index (χ0v) is 11.8. The summed E-state index contributed by atoms with van der Waals surface area (Å²) in [6, 6.07) is 0. The maximum Gasteiger partial charge on any atom is 0.348 e. The van der Waals surface area contributed by atoms with Gasteiger partial charge < -0.3 is 14.4 Å². The molecule has 0 amide bonds. The van der Waals surface area contributed by atoms with Crippen LogP contribution in [0, 0.1) is 0 Å². The Balaban J connectivity index is 3.04. The molecule has 1 aliphatic heterocycles. The summed E-state index contributed by atoms with van der Waals surface area (Å²) >= 11 is 1.49. The minimum Gasteiger partial charge on any atom is -0.462 e. The number of thioether (sulfide) groups is 1. The molecule has 5 nitrogen and oxygen atoms in total. The molecule has 0 aromatic rings. The number of rotatable bonds is 4. The van der Waals surface area contributed by atoms with Crippen LogP contribution in [-0.2, 0) is 19.1 Å². The summed E-state index contributed by atoms with van der Waals surface area (Å²) in [5.74, 6) is -0.318. The van der Waals surface area contributed by atoms with Gasteiger partial charge in [-0.25, -0.2) is 9.59 Å². The number of esters is 2. The lowest BCUT2D eigenvalue weighted by Gasteiger charge is -2.28. The average molecular weight is 273 g/mol. The largest absolute Gasteiger partial charge is 0.462 e. The van der Waals surface area contributed by atoms with E-state index in [0.717, 1.165) is 18.7 Å². The van der Waals surface area contributed by atoms with Crippen molar-refractivity contribution in [3.05, 3.63) is 10.6 Å². The van der Waals surface area contributed by atoms with Crippen LogP contribution >= 0.6 is 11.8 Å². The molecule has 18 heavy (non-hydrogen) atoms. The van der Waals surface area contributed by atoms with Gasteiger partial charge in [0.15, 0.2) is 5.57 Å². The normalized spacial score (nSPS) is 15.3. The van der Waals surface area contributed by atoms with E-state index in [-0.39, 0.29) is 18.8 Å². The first-order chi connectivity index (χ1) is 8.61. The van der Waals surface area contributed by atoms with E-state index in [1.165, 1.54) is 11.8 Å². The third-order valence-corrected chi connectivity index (χ3v) is 3.68. The molecule has 0 radical (unpaired) electrons. The SMILES string of the molecule is CCOC(=O)C(C(=O)OCC)=C1SCCCN1C. The smallest absolute Gasteiger partial charge is 0.348 e. The maximum atomic E-state index is 11.9. The van der Waals surface area contributed by atoms with Gasteiger partial charge >= 0.3 is 11.9 Å². The maximum absolute atomic E-state index is 11.9. The highest BCUT2D eigenvalue weighted by molar-refractivity contribution is 8.03. The van der Waals surface area contributed by atoms with E-state index in [0.29, 0.717) is 5.03 Å². The van der Waals surface area contributed by atoms with Crippen molar-refractivity contribution in [2.45, 2.75) is 20.3 Å². The monoisotopic (exact) mass is 273 g/mol. The fraction of sp³-hybridized carbons (Fsp3) is 0.667. The van der Waals surface area contributed by atoms with Gasteiger partial charge in [-0.3, -0.25) is 0 Å². The molecule has 0 spiro atoms. The molecule has 1 rings (SSSR count). The molecular formula is C12H19NO4S. The Bertz CT molecular complexity index is 334. The second-order valence-electron chi connectivity index (χ2n) is 3.74. The number of nitrogens with zero attached hydrogens (tertiary/aromatic N) is 1. The second-order valence-corrected chi connectivity index (χ2v) is 4.83. The predicted molar refractivity (Wildman–Crippen MR) is 70.0 cm³/mol. The molecule has 0 saturated carbocycles. The van der Waals surface area contributed by atoms with Crippen LogP contribution in [0.5, 0.6) is 0 Å². The van der Waals surface area contributed by atoms with Crippen LogP contribution in [0.4, 0.5) is 0 Å². The van der Waals surface area contributed by atoms with Gasteiger partial charge in [-0.05, 0) is 20.3 Å². The van der Waals surface area contributed by atoms with Crippen LogP contribution in [0.25, 0.3) is 0 Å². The summed E-state index contributed by atoms with van der Waals surface area (Å²) in [5, 5.41) is 0.651. The van der Waals surface area contributed by atoms with Crippen LogP contribution in [0.15, 0.2) is 10.6 Å². The Labute approximate surface area is 111 Å². The Hall–Kier alpha value is -1.17. The molecule has 0 unspecified atom stereocenters. The lowest BCUT2D eigenvalue weighted by molar-refractivity contribution is -0.146. The minimum atomic E-state index is -0.604. The Morgan fingerprint density at radius 3 is 2.22 bits per heavy atom. The van der Waals surface area contributed by atoms with E-state index in [4.69, 9.17) is 9.47 Å². The summed E-state index contributed by atoms with van der Waals surface area (Å²) in [6.45, 7) is 4.73. The highest BCUT2D eigenvalue weighted by Crippen LogP contribution is 2.29. The lowest BCUT2D eigenvalue weighted by atomic mass is 10.2. The number of hydrogen-bond acceptors (Lipinski definition) is 6. The van der Waals surface area contributed by atoms with Gasteiger partial charge in [-0.2, -0.15) is 0 Å². The summed E-state index contributed by atoms with van der Waals surface area (Å²) in [7, 11) is 1.86. The Kier molecular flexibility index (Phi) is 6.04. The van der Waals surface area contributed by atoms with E-state index < -0.39 is 11.9 Å². The summed E-state index contributed by atoms with van der Waals surface area (Å²) in [5.41, 5.74) is 0.0194. The van der Waals surface area contributed by atoms with E-state index in [1.54, 1.807) is 13.8 Å². The summed E-state index contributed by atoms with van der Waals surface area (Å²) in [4.78, 5) is 25.7. The molecule has 1 fully saturated rings. The first-order valence-electron chi connectivity index (χ1n) is 6.04. The molecule has 0 aromatic heterocycles. The fourth-order valence-corrected chi connectivity index (χ4v) is 2.70. The average Bonchev–Trinajstić information content (AvgIpc) is 2.33. The number of carbonyl (C=O) groups is 2. The van der Waals surface area contributed by atoms with Gasteiger partial charge in [0.05, 0.1) is 18.2 Å². The molecule has 1 saturated heterocycles. The van der Waals surface area contributed by atoms with E-state index in [9.17, 15) is 9.59 Å². The van der Waals surface area contributed by atoms with Crippen molar-refractivity contribution < 1.29 is 19.1 Å². The van der Waals surface area contributed by atoms with E-state index in [1.807, 2.05) is 11.9 Å². The van der Waals surface area contributed by atoms with Gasteiger partial charge in [-0.1, -0.05) is 0 Å². The standard InChI is InChI=1S/C12H19NO4S/c1-4-16-11(14)9(12(15)17-5-2)10-13(3)7-6-8-18-10/h4-8H2,1-3H3. The highest BCUT2D eigenvalue weighted by atomic mass is 32.2. The molecule has 102 valence electrons. The Morgan fingerprint density at radius 1 is 1.22 bits per heavy atom. The van der Waals surface area contributed by atoms with Gasteiger partial charge in [0.1, 0.15) is 0 Å². The molecule has 1 heterocycles. The van der Waals surface area contributed by atoms with Crippen LogP contribution in [0.3, 0.4) is 0 Å². The zero-order chi connectivity index (χ0) is 13.5. The number of hydrogen-bond donors (Lipinski definition) is 0. The first kappa shape index (κ1) is 14.9. The van der Waals surface area contributed by atoms with Crippen molar-refractivity contribution in [3.63, 3.8) is 0 Å². The Morgan fingerprint density at radius 2 is 1.78 bits per heavy atom. The summed E-state index contributed by atoms with van der Waals surface area (Å²) in [6.07, 6.45) is 1.03.